The number of H-pyrrole nitrogens is 1. The molecule has 6 nitrogen and oxygen atoms in total. The number of aromatic amines is 1. The van der Waals surface area contributed by atoms with Crippen molar-refractivity contribution in [2.75, 3.05) is 19.6 Å². The fourth-order valence-electron chi connectivity index (χ4n) is 5.22. The summed E-state index contributed by atoms with van der Waals surface area (Å²) >= 11 is 5.57. The van der Waals surface area contributed by atoms with Gasteiger partial charge in [-0.3, -0.25) is 9.78 Å². The van der Waals surface area contributed by atoms with Crippen LogP contribution >= 0.6 is 12.2 Å². The number of aromatic nitrogens is 4. The Morgan fingerprint density at radius 2 is 1.71 bits per heavy atom. The maximum Gasteiger partial charge on any atom is 0.255 e. The third-order valence-electron chi connectivity index (χ3n) is 7.40. The third kappa shape index (κ3) is 7.14. The Morgan fingerprint density at radius 1 is 1.00 bits per heavy atom. The molecule has 0 spiro atoms. The summed E-state index contributed by atoms with van der Waals surface area (Å²) in [6.07, 6.45) is 16.6. The Bertz CT molecular complexity index is 1000. The SMILES string of the molecule is CCCCCCCCCCc1cnc(Cn2c3c(c(=O)[nH]c2=S)CCC3)n1CCN(CC)CC. The zero-order chi connectivity index (χ0) is 24.3. The van der Waals surface area contributed by atoms with Crippen LogP contribution in [0.1, 0.15) is 101 Å². The number of rotatable bonds is 16. The average molecular weight is 488 g/mol. The van der Waals surface area contributed by atoms with Gasteiger partial charge >= 0.3 is 0 Å². The van der Waals surface area contributed by atoms with Gasteiger partial charge in [-0.25, -0.2) is 4.98 Å². The van der Waals surface area contributed by atoms with Crippen LogP contribution < -0.4 is 5.56 Å². The quantitative estimate of drug-likeness (QED) is 0.245. The van der Waals surface area contributed by atoms with Gasteiger partial charge in [0.2, 0.25) is 0 Å². The van der Waals surface area contributed by atoms with Crippen molar-refractivity contribution in [2.24, 2.45) is 0 Å². The normalized spacial score (nSPS) is 13.2. The van der Waals surface area contributed by atoms with Gasteiger partial charge in [-0.15, -0.1) is 0 Å². The first-order chi connectivity index (χ1) is 16.6. The second-order valence-corrected chi connectivity index (χ2v) is 10.1. The molecule has 0 amide bonds. The van der Waals surface area contributed by atoms with Gasteiger partial charge in [0.1, 0.15) is 5.82 Å². The lowest BCUT2D eigenvalue weighted by Crippen LogP contribution is -2.28. The minimum absolute atomic E-state index is 0.00555. The van der Waals surface area contributed by atoms with Gasteiger partial charge in [-0.1, -0.05) is 65.7 Å². The van der Waals surface area contributed by atoms with Crippen molar-refractivity contribution in [2.45, 2.75) is 111 Å². The van der Waals surface area contributed by atoms with E-state index in [4.69, 9.17) is 17.2 Å². The Labute approximate surface area is 210 Å². The highest BCUT2D eigenvalue weighted by Crippen LogP contribution is 2.20. The van der Waals surface area contributed by atoms with Crippen molar-refractivity contribution < 1.29 is 0 Å². The third-order valence-corrected chi connectivity index (χ3v) is 7.72. The van der Waals surface area contributed by atoms with Crippen molar-refractivity contribution in [3.05, 3.63) is 44.1 Å². The van der Waals surface area contributed by atoms with Crippen molar-refractivity contribution in [3.63, 3.8) is 0 Å². The first-order valence-electron chi connectivity index (χ1n) is 13.7. The summed E-state index contributed by atoms with van der Waals surface area (Å²) in [5, 5.41) is 0. The second kappa shape index (κ2) is 14.0. The summed E-state index contributed by atoms with van der Waals surface area (Å²) in [5.41, 5.74) is 3.35. The molecule has 1 aliphatic rings. The zero-order valence-electron chi connectivity index (χ0n) is 21.7. The molecule has 7 heteroatoms. The molecule has 3 rings (SSSR count). The van der Waals surface area contributed by atoms with Crippen molar-refractivity contribution in [3.8, 4) is 0 Å². The number of hydrogen-bond donors (Lipinski definition) is 1. The Kier molecular flexibility index (Phi) is 11.0. The Hall–Kier alpha value is -1.73. The molecule has 0 radical (unpaired) electrons. The number of aryl methyl sites for hydroxylation is 1. The van der Waals surface area contributed by atoms with Crippen LogP contribution in [0.15, 0.2) is 11.0 Å². The molecule has 2 aromatic rings. The van der Waals surface area contributed by atoms with Gasteiger partial charge in [0, 0.05) is 36.2 Å². The number of imidazole rings is 1. The molecule has 34 heavy (non-hydrogen) atoms. The standard InChI is InChI=1S/C27H45N5OS/c1-4-7-8-9-10-11-12-13-15-22-20-28-25(31(22)19-18-30(5-2)6-3)21-32-24-17-14-16-23(24)26(33)29-27(32)34/h20H,4-19,21H2,1-3H3,(H,29,33,34). The molecule has 190 valence electrons. The van der Waals surface area contributed by atoms with Crippen LogP contribution in [0.25, 0.3) is 0 Å². The highest BCUT2D eigenvalue weighted by atomic mass is 32.1. The summed E-state index contributed by atoms with van der Waals surface area (Å²) in [7, 11) is 0. The number of nitrogens with zero attached hydrogens (tertiary/aromatic N) is 4. The van der Waals surface area contributed by atoms with Gasteiger partial charge in [0.25, 0.3) is 5.56 Å². The lowest BCUT2D eigenvalue weighted by molar-refractivity contribution is 0.287. The van der Waals surface area contributed by atoms with E-state index in [0.717, 1.165) is 68.9 Å². The van der Waals surface area contributed by atoms with E-state index < -0.39 is 0 Å². The average Bonchev–Trinajstić information content (AvgIpc) is 3.47. The fourth-order valence-corrected chi connectivity index (χ4v) is 5.48. The predicted octanol–water partition coefficient (Wildman–Crippen LogP) is 5.66. The lowest BCUT2D eigenvalue weighted by atomic mass is 10.1. The summed E-state index contributed by atoms with van der Waals surface area (Å²) < 4.78 is 5.07. The van der Waals surface area contributed by atoms with Gasteiger partial charge in [0.15, 0.2) is 4.77 Å². The van der Waals surface area contributed by atoms with Crippen molar-refractivity contribution >= 4 is 12.2 Å². The maximum absolute atomic E-state index is 12.3. The van der Waals surface area contributed by atoms with Gasteiger partial charge in [-0.05, 0) is 57.4 Å². The number of unbranched alkanes of at least 4 members (excludes halogenated alkanes) is 7. The van der Waals surface area contributed by atoms with Crippen LogP contribution in [0.3, 0.4) is 0 Å². The van der Waals surface area contributed by atoms with Crippen LogP contribution in [0.2, 0.25) is 0 Å². The number of likely N-dealkylation sites (N-methyl/N-ethyl adjacent to an activating group) is 1. The van der Waals surface area contributed by atoms with Gasteiger partial charge in [0.05, 0.1) is 6.54 Å². The van der Waals surface area contributed by atoms with Crippen LogP contribution in [0.4, 0.5) is 0 Å². The van der Waals surface area contributed by atoms with Crippen molar-refractivity contribution in [1.82, 2.24) is 24.0 Å². The van der Waals surface area contributed by atoms with E-state index in [1.165, 1.54) is 57.1 Å². The van der Waals surface area contributed by atoms with Crippen LogP contribution in [0, 0.1) is 4.77 Å². The first-order valence-corrected chi connectivity index (χ1v) is 14.1. The smallest absolute Gasteiger partial charge is 0.255 e. The molecule has 0 aromatic carbocycles. The molecule has 1 aliphatic carbocycles. The summed E-state index contributed by atoms with van der Waals surface area (Å²) in [6, 6.07) is 0. The minimum atomic E-state index is -0.00555. The van der Waals surface area contributed by atoms with Gasteiger partial charge < -0.3 is 14.0 Å². The van der Waals surface area contributed by atoms with E-state index in [9.17, 15) is 4.79 Å². The summed E-state index contributed by atoms with van der Waals surface area (Å²) in [4.78, 5) is 22.6. The number of hydrogen-bond acceptors (Lipinski definition) is 4. The molecular weight excluding hydrogens is 442 g/mol. The van der Waals surface area contributed by atoms with E-state index in [1.807, 2.05) is 0 Å². The van der Waals surface area contributed by atoms with E-state index in [0.29, 0.717) is 11.3 Å². The first kappa shape index (κ1) is 26.9. The lowest BCUT2D eigenvalue weighted by Gasteiger charge is -2.21. The maximum atomic E-state index is 12.3. The largest absolute Gasteiger partial charge is 0.329 e. The topological polar surface area (TPSA) is 58.9 Å². The van der Waals surface area contributed by atoms with E-state index >= 15 is 0 Å². The minimum Gasteiger partial charge on any atom is -0.329 e. The van der Waals surface area contributed by atoms with E-state index in [1.54, 1.807) is 0 Å². The predicted molar refractivity (Wildman–Crippen MR) is 143 cm³/mol. The van der Waals surface area contributed by atoms with Crippen LogP contribution in [-0.4, -0.2) is 43.6 Å². The van der Waals surface area contributed by atoms with Crippen molar-refractivity contribution in [1.29, 1.82) is 0 Å². The molecule has 0 saturated carbocycles. The van der Waals surface area contributed by atoms with E-state index in [-0.39, 0.29) is 5.56 Å². The zero-order valence-corrected chi connectivity index (χ0v) is 22.5. The molecule has 2 heterocycles. The highest BCUT2D eigenvalue weighted by Gasteiger charge is 2.20. The van der Waals surface area contributed by atoms with Crippen LogP contribution in [0.5, 0.6) is 0 Å². The molecule has 0 bridgehead atoms. The van der Waals surface area contributed by atoms with Gasteiger partial charge in [-0.2, -0.15) is 0 Å². The Morgan fingerprint density at radius 3 is 2.41 bits per heavy atom. The number of nitrogens with one attached hydrogen (secondary N) is 1. The molecule has 0 fully saturated rings. The Balaban J connectivity index is 1.71. The molecule has 1 N–H and O–H groups in total. The van der Waals surface area contributed by atoms with Crippen LogP contribution in [-0.2, 0) is 32.4 Å². The molecular formula is C27H45N5OS. The monoisotopic (exact) mass is 487 g/mol. The summed E-state index contributed by atoms with van der Waals surface area (Å²) in [5.74, 6) is 1.05. The molecule has 2 aromatic heterocycles. The van der Waals surface area contributed by atoms with E-state index in [2.05, 4.69) is 46.0 Å². The highest BCUT2D eigenvalue weighted by molar-refractivity contribution is 7.71. The molecule has 0 aliphatic heterocycles. The second-order valence-electron chi connectivity index (χ2n) is 9.69. The molecule has 0 atom stereocenters. The number of fused-ring (bicyclic) bond motifs is 1. The fraction of sp³-hybridized carbons (Fsp3) is 0.741. The summed E-state index contributed by atoms with van der Waals surface area (Å²) in [6.45, 7) is 11.5. The molecule has 0 saturated heterocycles. The molecule has 0 unspecified atom stereocenters.